The summed E-state index contributed by atoms with van der Waals surface area (Å²) in [7, 11) is 1.61. The average molecular weight is 499 g/mol. The third kappa shape index (κ3) is 5.06. The summed E-state index contributed by atoms with van der Waals surface area (Å²) in [6.45, 7) is 0.824. The van der Waals surface area contributed by atoms with Crippen LogP contribution in [0.5, 0.6) is 11.5 Å². The molecule has 0 radical (unpaired) electrons. The van der Waals surface area contributed by atoms with Gasteiger partial charge >= 0.3 is 0 Å². The fraction of sp³-hybridized carbons (Fsp3) is 0.107. The maximum absolute atomic E-state index is 13.0. The highest BCUT2D eigenvalue weighted by Gasteiger charge is 2.32. The van der Waals surface area contributed by atoms with E-state index in [-0.39, 0.29) is 5.91 Å². The van der Waals surface area contributed by atoms with Gasteiger partial charge in [0.25, 0.3) is 5.91 Å². The van der Waals surface area contributed by atoms with Crippen molar-refractivity contribution in [2.45, 2.75) is 13.2 Å². The van der Waals surface area contributed by atoms with Gasteiger partial charge in [-0.25, -0.2) is 0 Å². The highest BCUT2D eigenvalue weighted by molar-refractivity contribution is 8.26. The fourth-order valence-corrected chi connectivity index (χ4v) is 5.18. The molecular formula is C28H22N2O3S2. The maximum Gasteiger partial charge on any atom is 0.266 e. The molecule has 1 aromatic heterocycles. The molecule has 5 rings (SSSR count). The smallest absolute Gasteiger partial charge is 0.266 e. The second-order valence-electron chi connectivity index (χ2n) is 7.97. The highest BCUT2D eigenvalue weighted by atomic mass is 32.2. The molecule has 1 fully saturated rings. The Morgan fingerprint density at radius 3 is 2.71 bits per heavy atom. The Morgan fingerprint density at radius 2 is 1.89 bits per heavy atom. The summed E-state index contributed by atoms with van der Waals surface area (Å²) in [6.07, 6.45) is 5.28. The van der Waals surface area contributed by atoms with Gasteiger partial charge in [-0.1, -0.05) is 78.6 Å². The standard InChI is InChI=1S/C28H22N2O3S2/c1-32-25-14-19(15-26-27(31)30(28(34)35-26)17-20-6-5-13-29-16-20)11-12-24(25)33-18-22-9-4-8-21-7-2-3-10-23(21)22/h2-16H,17-18H2,1H3. The second kappa shape index (κ2) is 10.3. The average Bonchev–Trinajstić information content (AvgIpc) is 3.15. The molecule has 174 valence electrons. The van der Waals surface area contributed by atoms with Crippen LogP contribution in [-0.2, 0) is 17.9 Å². The summed E-state index contributed by atoms with van der Waals surface area (Å²) in [4.78, 5) is 19.3. The lowest BCUT2D eigenvalue weighted by atomic mass is 10.1. The predicted octanol–water partition coefficient (Wildman–Crippen LogP) is 6.22. The van der Waals surface area contributed by atoms with Gasteiger partial charge in [0.15, 0.2) is 11.5 Å². The molecule has 0 unspecified atom stereocenters. The molecule has 0 N–H and O–H groups in total. The minimum absolute atomic E-state index is 0.112. The van der Waals surface area contributed by atoms with Crippen LogP contribution in [0.25, 0.3) is 16.8 Å². The zero-order valence-corrected chi connectivity index (χ0v) is 20.6. The molecule has 5 nitrogen and oxygen atoms in total. The monoisotopic (exact) mass is 498 g/mol. The second-order valence-corrected chi connectivity index (χ2v) is 9.64. The topological polar surface area (TPSA) is 51.7 Å². The number of fused-ring (bicyclic) bond motifs is 1. The number of methoxy groups -OCH3 is 1. The maximum atomic E-state index is 13.0. The molecule has 3 aromatic carbocycles. The number of nitrogens with zero attached hydrogens (tertiary/aromatic N) is 2. The van der Waals surface area contributed by atoms with Gasteiger partial charge in [-0.15, -0.1) is 0 Å². The molecule has 1 amide bonds. The summed E-state index contributed by atoms with van der Waals surface area (Å²) >= 11 is 6.75. The Kier molecular flexibility index (Phi) is 6.79. The van der Waals surface area contributed by atoms with Gasteiger partial charge in [0, 0.05) is 12.4 Å². The summed E-state index contributed by atoms with van der Waals surface area (Å²) in [5.41, 5.74) is 2.87. The molecule has 0 bridgehead atoms. The van der Waals surface area contributed by atoms with Gasteiger partial charge in [0.2, 0.25) is 0 Å². The van der Waals surface area contributed by atoms with E-state index in [4.69, 9.17) is 21.7 Å². The van der Waals surface area contributed by atoms with E-state index in [1.807, 2.05) is 54.6 Å². The number of carbonyl (C=O) groups is 1. The van der Waals surface area contributed by atoms with E-state index in [1.165, 1.54) is 22.5 Å². The molecule has 0 atom stereocenters. The van der Waals surface area contributed by atoms with E-state index in [2.05, 4.69) is 29.2 Å². The largest absolute Gasteiger partial charge is 0.493 e. The number of carbonyl (C=O) groups excluding carboxylic acids is 1. The van der Waals surface area contributed by atoms with Crippen LogP contribution in [0.3, 0.4) is 0 Å². The van der Waals surface area contributed by atoms with E-state index in [1.54, 1.807) is 24.4 Å². The molecule has 0 aliphatic carbocycles. The Balaban J connectivity index is 1.32. The number of thiocarbonyl (C=S) groups is 1. The minimum Gasteiger partial charge on any atom is -0.493 e. The number of rotatable bonds is 7. The van der Waals surface area contributed by atoms with Gasteiger partial charge < -0.3 is 9.47 Å². The summed E-state index contributed by atoms with van der Waals surface area (Å²) < 4.78 is 12.2. The zero-order valence-electron chi connectivity index (χ0n) is 19.0. The normalized spacial score (nSPS) is 14.7. The number of ether oxygens (including phenoxy) is 2. The van der Waals surface area contributed by atoms with Crippen molar-refractivity contribution in [3.8, 4) is 11.5 Å². The zero-order chi connectivity index (χ0) is 24.2. The Morgan fingerprint density at radius 1 is 1.03 bits per heavy atom. The Hall–Kier alpha value is -3.68. The molecule has 4 aromatic rings. The molecule has 7 heteroatoms. The van der Waals surface area contributed by atoms with Crippen molar-refractivity contribution >= 4 is 51.1 Å². The molecule has 1 aliphatic heterocycles. The molecule has 35 heavy (non-hydrogen) atoms. The molecule has 1 saturated heterocycles. The molecule has 2 heterocycles. The first-order valence-electron chi connectivity index (χ1n) is 11.0. The SMILES string of the molecule is COc1cc(C=C2SC(=S)N(Cc3cccnc3)C2=O)ccc1OCc1cccc2ccccc12. The van der Waals surface area contributed by atoms with Crippen molar-refractivity contribution in [1.29, 1.82) is 0 Å². The highest BCUT2D eigenvalue weighted by Crippen LogP contribution is 2.36. The first kappa shape index (κ1) is 23.1. The molecular weight excluding hydrogens is 476 g/mol. The van der Waals surface area contributed by atoms with Crippen molar-refractivity contribution in [1.82, 2.24) is 9.88 Å². The third-order valence-electron chi connectivity index (χ3n) is 5.69. The number of pyridine rings is 1. The number of hydrogen-bond donors (Lipinski definition) is 0. The van der Waals surface area contributed by atoms with Crippen LogP contribution in [0.2, 0.25) is 0 Å². The third-order valence-corrected chi connectivity index (χ3v) is 7.06. The molecule has 0 saturated carbocycles. The van der Waals surface area contributed by atoms with Crippen LogP contribution in [0.1, 0.15) is 16.7 Å². The number of amides is 1. The Bertz CT molecular complexity index is 1430. The van der Waals surface area contributed by atoms with Crippen LogP contribution >= 0.6 is 24.0 Å². The van der Waals surface area contributed by atoms with E-state index < -0.39 is 0 Å². The van der Waals surface area contributed by atoms with E-state index in [0.29, 0.717) is 33.9 Å². The lowest BCUT2D eigenvalue weighted by Gasteiger charge is -2.14. The summed E-state index contributed by atoms with van der Waals surface area (Å²) in [5, 5.41) is 2.34. The number of hydrogen-bond acceptors (Lipinski definition) is 6. The van der Waals surface area contributed by atoms with Crippen molar-refractivity contribution < 1.29 is 14.3 Å². The number of benzene rings is 3. The van der Waals surface area contributed by atoms with Gasteiger partial charge in [-0.05, 0) is 51.7 Å². The lowest BCUT2D eigenvalue weighted by molar-refractivity contribution is -0.122. The fourth-order valence-electron chi connectivity index (χ4n) is 3.93. The lowest BCUT2D eigenvalue weighted by Crippen LogP contribution is -2.27. The van der Waals surface area contributed by atoms with Crippen LogP contribution in [0.15, 0.2) is 90.1 Å². The van der Waals surface area contributed by atoms with Crippen LogP contribution in [-0.4, -0.2) is 27.2 Å². The minimum atomic E-state index is -0.112. The van der Waals surface area contributed by atoms with Crippen LogP contribution < -0.4 is 9.47 Å². The van der Waals surface area contributed by atoms with Crippen LogP contribution in [0, 0.1) is 0 Å². The van der Waals surface area contributed by atoms with E-state index >= 15 is 0 Å². The van der Waals surface area contributed by atoms with Crippen molar-refractivity contribution in [2.75, 3.05) is 7.11 Å². The summed E-state index contributed by atoms with van der Waals surface area (Å²) in [5.74, 6) is 1.13. The first-order valence-corrected chi connectivity index (χ1v) is 12.3. The molecule has 1 aliphatic rings. The quantitative estimate of drug-likeness (QED) is 0.223. The van der Waals surface area contributed by atoms with Crippen molar-refractivity contribution in [3.63, 3.8) is 0 Å². The van der Waals surface area contributed by atoms with E-state index in [0.717, 1.165) is 16.7 Å². The van der Waals surface area contributed by atoms with Crippen LogP contribution in [0.4, 0.5) is 0 Å². The van der Waals surface area contributed by atoms with Gasteiger partial charge in [0.05, 0.1) is 18.6 Å². The van der Waals surface area contributed by atoms with Gasteiger partial charge in [-0.2, -0.15) is 0 Å². The molecule has 0 spiro atoms. The Labute approximate surface area is 213 Å². The van der Waals surface area contributed by atoms with Gasteiger partial charge in [0.1, 0.15) is 10.9 Å². The number of thioether (sulfide) groups is 1. The first-order chi connectivity index (χ1) is 17.1. The number of aromatic nitrogens is 1. The van der Waals surface area contributed by atoms with Gasteiger partial charge in [-0.3, -0.25) is 14.7 Å². The van der Waals surface area contributed by atoms with Crippen molar-refractivity contribution in [2.24, 2.45) is 0 Å². The summed E-state index contributed by atoms with van der Waals surface area (Å²) in [6, 6.07) is 23.9. The van der Waals surface area contributed by atoms with E-state index in [9.17, 15) is 4.79 Å². The van der Waals surface area contributed by atoms with Crippen molar-refractivity contribution in [3.05, 3.63) is 107 Å². The predicted molar refractivity (Wildman–Crippen MR) is 144 cm³/mol.